The van der Waals surface area contributed by atoms with Gasteiger partial charge in [0.2, 0.25) is 5.91 Å². The van der Waals surface area contributed by atoms with Gasteiger partial charge in [0.15, 0.2) is 0 Å². The number of thiophene rings is 1. The van der Waals surface area contributed by atoms with E-state index in [1.807, 2.05) is 27.3 Å². The highest BCUT2D eigenvalue weighted by atomic mass is 32.1. The summed E-state index contributed by atoms with van der Waals surface area (Å²) >= 11 is 1.47. The topological polar surface area (TPSA) is 48.8 Å². The minimum atomic E-state index is 0.0810. The number of carbonyl (C=O) groups excluding carboxylic acids is 2. The van der Waals surface area contributed by atoms with E-state index in [1.54, 1.807) is 0 Å². The molecule has 0 unspecified atom stereocenters. The van der Waals surface area contributed by atoms with E-state index < -0.39 is 0 Å². The lowest BCUT2D eigenvalue weighted by atomic mass is 10.1. The van der Waals surface area contributed by atoms with Gasteiger partial charge in [-0.05, 0) is 30.5 Å². The Hall–Kier alpha value is -2.12. The number of amides is 2. The first-order chi connectivity index (χ1) is 12.6. The molecule has 6 nitrogen and oxygen atoms in total. The first kappa shape index (κ1) is 17.3. The van der Waals surface area contributed by atoms with Crippen molar-refractivity contribution in [1.29, 1.82) is 0 Å². The van der Waals surface area contributed by atoms with E-state index in [2.05, 4.69) is 34.7 Å². The zero-order chi connectivity index (χ0) is 18.1. The average Bonchev–Trinajstić information content (AvgIpc) is 3.35. The zero-order valence-corrected chi connectivity index (χ0v) is 15.8. The van der Waals surface area contributed by atoms with E-state index in [0.717, 1.165) is 18.0 Å². The van der Waals surface area contributed by atoms with Crippen LogP contribution in [0, 0.1) is 0 Å². The Morgan fingerprint density at radius 3 is 2.54 bits per heavy atom. The van der Waals surface area contributed by atoms with Gasteiger partial charge in [-0.25, -0.2) is 0 Å². The Bertz CT molecular complexity index is 777. The van der Waals surface area contributed by atoms with Crippen LogP contribution in [0.5, 0.6) is 0 Å². The van der Waals surface area contributed by atoms with Gasteiger partial charge in [0.25, 0.3) is 5.91 Å². The molecule has 2 aromatic heterocycles. The maximum absolute atomic E-state index is 12.7. The van der Waals surface area contributed by atoms with Crippen molar-refractivity contribution in [3.8, 4) is 0 Å². The SMILES string of the molecule is C[C@H]1c2cccn2CCN1CC(=O)N1CCN(C(=O)c2cccs2)CC1. The largest absolute Gasteiger partial charge is 0.349 e. The Labute approximate surface area is 157 Å². The molecule has 138 valence electrons. The Morgan fingerprint density at radius 2 is 1.81 bits per heavy atom. The summed E-state index contributed by atoms with van der Waals surface area (Å²) in [5, 5.41) is 1.92. The predicted molar refractivity (Wildman–Crippen MR) is 101 cm³/mol. The third kappa shape index (κ3) is 3.29. The summed E-state index contributed by atoms with van der Waals surface area (Å²) in [7, 11) is 0. The van der Waals surface area contributed by atoms with Gasteiger partial charge >= 0.3 is 0 Å². The fourth-order valence-corrected chi connectivity index (χ4v) is 4.52. The lowest BCUT2D eigenvalue weighted by Gasteiger charge is -2.38. The van der Waals surface area contributed by atoms with Crippen LogP contribution in [-0.4, -0.2) is 70.3 Å². The van der Waals surface area contributed by atoms with E-state index >= 15 is 0 Å². The lowest BCUT2D eigenvalue weighted by molar-refractivity contribution is -0.134. The highest BCUT2D eigenvalue weighted by Gasteiger charge is 2.29. The molecule has 1 fully saturated rings. The fraction of sp³-hybridized carbons (Fsp3) is 0.474. The van der Waals surface area contributed by atoms with Crippen LogP contribution in [0.15, 0.2) is 35.8 Å². The number of aromatic nitrogens is 1. The van der Waals surface area contributed by atoms with Crippen molar-refractivity contribution in [1.82, 2.24) is 19.3 Å². The Balaban J connectivity index is 1.31. The normalized spacial score (nSPS) is 20.9. The molecule has 2 aliphatic heterocycles. The number of hydrogen-bond acceptors (Lipinski definition) is 4. The summed E-state index contributed by atoms with van der Waals surface area (Å²) in [6.45, 7) is 6.90. The molecular weight excluding hydrogens is 348 g/mol. The van der Waals surface area contributed by atoms with E-state index in [9.17, 15) is 9.59 Å². The third-order valence-corrected chi connectivity index (χ3v) is 6.32. The van der Waals surface area contributed by atoms with E-state index in [4.69, 9.17) is 0 Å². The van der Waals surface area contributed by atoms with Crippen LogP contribution in [-0.2, 0) is 11.3 Å². The molecule has 0 spiro atoms. The summed E-state index contributed by atoms with van der Waals surface area (Å²) in [6, 6.07) is 8.22. The number of rotatable bonds is 3. The monoisotopic (exact) mass is 372 g/mol. The van der Waals surface area contributed by atoms with Crippen LogP contribution in [0.1, 0.15) is 28.3 Å². The molecule has 2 aromatic rings. The Morgan fingerprint density at radius 1 is 1.04 bits per heavy atom. The van der Waals surface area contributed by atoms with Crippen molar-refractivity contribution in [3.63, 3.8) is 0 Å². The molecule has 26 heavy (non-hydrogen) atoms. The number of nitrogens with zero attached hydrogens (tertiary/aromatic N) is 4. The molecule has 0 aromatic carbocycles. The van der Waals surface area contributed by atoms with Crippen molar-refractivity contribution in [2.24, 2.45) is 0 Å². The second-order valence-corrected chi connectivity index (χ2v) is 7.87. The van der Waals surface area contributed by atoms with Gasteiger partial charge in [0.05, 0.1) is 11.4 Å². The summed E-state index contributed by atoms with van der Waals surface area (Å²) in [5.41, 5.74) is 1.27. The van der Waals surface area contributed by atoms with Crippen molar-refractivity contribution >= 4 is 23.2 Å². The van der Waals surface area contributed by atoms with Gasteiger partial charge in [-0.1, -0.05) is 6.07 Å². The van der Waals surface area contributed by atoms with Crippen molar-refractivity contribution in [2.45, 2.75) is 19.5 Å². The van der Waals surface area contributed by atoms with Crippen molar-refractivity contribution in [2.75, 3.05) is 39.3 Å². The number of carbonyl (C=O) groups is 2. The van der Waals surface area contributed by atoms with Crippen LogP contribution in [0.3, 0.4) is 0 Å². The molecule has 0 aliphatic carbocycles. The van der Waals surface area contributed by atoms with Crippen LogP contribution >= 0.6 is 11.3 Å². The minimum Gasteiger partial charge on any atom is -0.349 e. The van der Waals surface area contributed by atoms with Crippen LogP contribution in [0.4, 0.5) is 0 Å². The van der Waals surface area contributed by atoms with E-state index in [-0.39, 0.29) is 17.9 Å². The third-order valence-electron chi connectivity index (χ3n) is 5.46. The maximum Gasteiger partial charge on any atom is 0.264 e. The molecule has 2 amide bonds. The smallest absolute Gasteiger partial charge is 0.264 e. The van der Waals surface area contributed by atoms with Gasteiger partial charge in [-0.2, -0.15) is 0 Å². The molecular formula is C19H24N4O2S. The zero-order valence-electron chi connectivity index (χ0n) is 15.0. The van der Waals surface area contributed by atoms with Crippen LogP contribution in [0.2, 0.25) is 0 Å². The van der Waals surface area contributed by atoms with Crippen molar-refractivity contribution < 1.29 is 9.59 Å². The molecule has 0 bridgehead atoms. The summed E-state index contributed by atoms with van der Waals surface area (Å²) in [4.78, 5) is 31.9. The molecule has 4 heterocycles. The second-order valence-electron chi connectivity index (χ2n) is 6.92. The van der Waals surface area contributed by atoms with E-state index in [0.29, 0.717) is 32.7 Å². The molecule has 2 aliphatic rings. The average molecular weight is 372 g/mol. The molecule has 1 atom stereocenters. The highest BCUT2D eigenvalue weighted by molar-refractivity contribution is 7.12. The van der Waals surface area contributed by atoms with Gasteiger partial charge < -0.3 is 14.4 Å². The quantitative estimate of drug-likeness (QED) is 0.827. The highest BCUT2D eigenvalue weighted by Crippen LogP contribution is 2.25. The van der Waals surface area contributed by atoms with Gasteiger partial charge in [0, 0.05) is 57.2 Å². The molecule has 4 rings (SSSR count). The standard InChI is InChI=1S/C19H24N4O2S/c1-15-16-4-2-6-20(16)7-12-23(15)14-18(24)21-8-10-22(11-9-21)19(25)17-5-3-13-26-17/h2-6,13,15H,7-12,14H2,1H3/t15-/m0/s1. The summed E-state index contributed by atoms with van der Waals surface area (Å²) in [6.07, 6.45) is 2.11. The first-order valence-corrected chi connectivity index (χ1v) is 10.0. The number of hydrogen-bond donors (Lipinski definition) is 0. The molecule has 0 saturated carbocycles. The van der Waals surface area contributed by atoms with Crippen LogP contribution in [0.25, 0.3) is 0 Å². The van der Waals surface area contributed by atoms with Crippen molar-refractivity contribution in [3.05, 3.63) is 46.4 Å². The second kappa shape index (κ2) is 7.25. The van der Waals surface area contributed by atoms with E-state index in [1.165, 1.54) is 17.0 Å². The lowest BCUT2D eigenvalue weighted by Crippen LogP contribution is -2.53. The Kier molecular flexibility index (Phi) is 4.82. The number of fused-ring (bicyclic) bond motifs is 1. The molecule has 7 heteroatoms. The number of piperazine rings is 1. The van der Waals surface area contributed by atoms with Gasteiger partial charge in [-0.15, -0.1) is 11.3 Å². The molecule has 1 saturated heterocycles. The summed E-state index contributed by atoms with van der Waals surface area (Å²) in [5.74, 6) is 0.248. The molecule has 0 radical (unpaired) electrons. The fourth-order valence-electron chi connectivity index (χ4n) is 3.83. The predicted octanol–water partition coefficient (Wildman–Crippen LogP) is 1.91. The van der Waals surface area contributed by atoms with Gasteiger partial charge in [0.1, 0.15) is 0 Å². The molecule has 0 N–H and O–H groups in total. The van der Waals surface area contributed by atoms with Gasteiger partial charge in [-0.3, -0.25) is 14.5 Å². The maximum atomic E-state index is 12.7. The van der Waals surface area contributed by atoms with Crippen LogP contribution < -0.4 is 0 Å². The summed E-state index contributed by atoms with van der Waals surface area (Å²) < 4.78 is 2.26. The minimum absolute atomic E-state index is 0.0810. The first-order valence-electron chi connectivity index (χ1n) is 9.13.